The molecule has 0 spiro atoms. The first-order valence-electron chi connectivity index (χ1n) is 1.44. The zero-order valence-corrected chi connectivity index (χ0v) is 8.92. The van der Waals surface area contributed by atoms with Crippen LogP contribution in [-0.2, 0) is 45.0 Å². The van der Waals surface area contributed by atoms with E-state index in [1.807, 2.05) is 33.9 Å². The molecule has 0 fully saturated rings. The van der Waals surface area contributed by atoms with Crippen molar-refractivity contribution in [2.24, 2.45) is 0 Å². The summed E-state index contributed by atoms with van der Waals surface area (Å²) in [7, 11) is 0. The third kappa shape index (κ3) is 631. The smallest absolute Gasteiger partial charge is 0.106 e. The molecule has 0 unspecified atom stereocenters. The van der Waals surface area contributed by atoms with Gasteiger partial charge in [0.25, 0.3) is 0 Å². The summed E-state index contributed by atoms with van der Waals surface area (Å²) in [6.07, 6.45) is 0. The van der Waals surface area contributed by atoms with Crippen LogP contribution in [0.4, 0.5) is 0 Å². The Labute approximate surface area is 86.8 Å². The van der Waals surface area contributed by atoms with Crippen LogP contribution in [0.15, 0.2) is 0 Å². The molecule has 0 N–H and O–H groups in total. The molecule has 5 nitrogen and oxygen atoms in total. The number of hydrogen-bond donors (Lipinski definition) is 0. The van der Waals surface area contributed by atoms with Gasteiger partial charge in [0.05, 0.1) is 0 Å². The SMILES string of the molecule is C.C=O.C=O.C=O.C=O.C=O.[W]. The molecule has 0 aromatic heterocycles. The van der Waals surface area contributed by atoms with E-state index in [-0.39, 0.29) is 28.5 Å². The molecular formula is C6H14O5W. The molecule has 0 heterocycles. The van der Waals surface area contributed by atoms with Crippen molar-refractivity contribution in [3.63, 3.8) is 0 Å². The molecule has 0 saturated carbocycles. The van der Waals surface area contributed by atoms with E-state index in [2.05, 4.69) is 0 Å². The van der Waals surface area contributed by atoms with Crippen molar-refractivity contribution in [1.82, 2.24) is 0 Å². The molecule has 0 amide bonds. The van der Waals surface area contributed by atoms with Gasteiger partial charge >= 0.3 is 0 Å². The fraction of sp³-hybridized carbons (Fsp3) is 0.167. The normalized spacial score (nSPS) is 1.67. The van der Waals surface area contributed by atoms with Gasteiger partial charge in [-0.05, 0) is 0 Å². The van der Waals surface area contributed by atoms with Gasteiger partial charge in [0, 0.05) is 21.1 Å². The number of hydrogen-bond acceptors (Lipinski definition) is 5. The van der Waals surface area contributed by atoms with Crippen LogP contribution in [0.25, 0.3) is 0 Å². The summed E-state index contributed by atoms with van der Waals surface area (Å²) in [5.41, 5.74) is 0. The van der Waals surface area contributed by atoms with E-state index >= 15 is 0 Å². The van der Waals surface area contributed by atoms with Gasteiger partial charge in [0.1, 0.15) is 33.9 Å². The first-order chi connectivity index (χ1) is 5.00. The third-order valence-electron chi connectivity index (χ3n) is 0. The van der Waals surface area contributed by atoms with Crippen molar-refractivity contribution in [2.75, 3.05) is 0 Å². The predicted molar refractivity (Wildman–Crippen MR) is 42.3 cm³/mol. The Morgan fingerprint density at radius 3 is 0.417 bits per heavy atom. The van der Waals surface area contributed by atoms with E-state index in [4.69, 9.17) is 24.0 Å². The van der Waals surface area contributed by atoms with Crippen LogP contribution >= 0.6 is 0 Å². The largest absolute Gasteiger partial charge is 0.307 e. The Hall–Kier alpha value is -0.962. The summed E-state index contributed by atoms with van der Waals surface area (Å²) < 4.78 is 0. The average molecular weight is 350 g/mol. The van der Waals surface area contributed by atoms with Crippen molar-refractivity contribution >= 4 is 33.9 Å². The van der Waals surface area contributed by atoms with E-state index in [0.717, 1.165) is 0 Å². The quantitative estimate of drug-likeness (QED) is 0.599. The topological polar surface area (TPSA) is 85.3 Å². The maximum atomic E-state index is 8.00. The standard InChI is InChI=1S/5CH2O.CH4.W/c5*1-2;;/h5*1H2;1H4;. The van der Waals surface area contributed by atoms with E-state index in [1.54, 1.807) is 0 Å². The zero-order valence-electron chi connectivity index (χ0n) is 5.99. The minimum atomic E-state index is 0. The minimum absolute atomic E-state index is 0. The van der Waals surface area contributed by atoms with Crippen LogP contribution < -0.4 is 0 Å². The van der Waals surface area contributed by atoms with Gasteiger partial charge in [-0.2, -0.15) is 0 Å². The summed E-state index contributed by atoms with van der Waals surface area (Å²) in [5.74, 6) is 0. The minimum Gasteiger partial charge on any atom is -0.307 e. The molecule has 0 atom stereocenters. The van der Waals surface area contributed by atoms with Gasteiger partial charge in [-0.1, -0.05) is 7.43 Å². The Balaban J connectivity index is -0.00000000500. The van der Waals surface area contributed by atoms with E-state index < -0.39 is 0 Å². The fourth-order valence-electron chi connectivity index (χ4n) is 0. The van der Waals surface area contributed by atoms with Crippen molar-refractivity contribution in [1.29, 1.82) is 0 Å². The number of carbonyl (C=O) groups is 5. The molecule has 0 aromatic rings. The Morgan fingerprint density at radius 1 is 0.417 bits per heavy atom. The zero-order chi connectivity index (χ0) is 10.0. The molecule has 0 bridgehead atoms. The fourth-order valence-corrected chi connectivity index (χ4v) is 0. The molecule has 0 rings (SSSR count). The second kappa shape index (κ2) is 887. The van der Waals surface area contributed by atoms with Gasteiger partial charge < -0.3 is 24.0 Å². The first kappa shape index (κ1) is 68.2. The van der Waals surface area contributed by atoms with Crippen molar-refractivity contribution < 1.29 is 45.0 Å². The van der Waals surface area contributed by atoms with Gasteiger partial charge in [-0.3, -0.25) is 0 Å². The maximum Gasteiger partial charge on any atom is 0.106 e. The molecule has 0 saturated heterocycles. The summed E-state index contributed by atoms with van der Waals surface area (Å²) in [6.45, 7) is 10.0. The van der Waals surface area contributed by atoms with Crippen LogP contribution in [0.3, 0.4) is 0 Å². The molecule has 12 heavy (non-hydrogen) atoms. The van der Waals surface area contributed by atoms with Crippen molar-refractivity contribution in [2.45, 2.75) is 7.43 Å². The molecular weight excluding hydrogens is 336 g/mol. The number of rotatable bonds is 0. The Morgan fingerprint density at radius 2 is 0.417 bits per heavy atom. The van der Waals surface area contributed by atoms with E-state index in [1.165, 1.54) is 0 Å². The maximum absolute atomic E-state index is 8.00. The summed E-state index contributed by atoms with van der Waals surface area (Å²) in [6, 6.07) is 0. The Bertz CT molecular complexity index is 27.5. The van der Waals surface area contributed by atoms with Crippen LogP contribution in [0.2, 0.25) is 0 Å². The average Bonchev–Trinajstić information content (AvgIpc) is 2.20. The van der Waals surface area contributed by atoms with Crippen molar-refractivity contribution in [3.05, 3.63) is 0 Å². The van der Waals surface area contributed by atoms with Crippen LogP contribution in [0.1, 0.15) is 7.43 Å². The Kier molecular flexibility index (Phi) is 5040. The number of carbonyl (C=O) groups excluding carboxylic acids is 5. The molecule has 0 aromatic carbocycles. The summed E-state index contributed by atoms with van der Waals surface area (Å²) in [4.78, 5) is 40.0. The molecule has 74 valence electrons. The molecule has 0 aliphatic heterocycles. The second-order valence-corrected chi connectivity index (χ2v) is 0. The van der Waals surface area contributed by atoms with Crippen molar-refractivity contribution in [3.8, 4) is 0 Å². The molecule has 0 aliphatic carbocycles. The molecule has 0 aliphatic rings. The third-order valence-corrected chi connectivity index (χ3v) is 0. The van der Waals surface area contributed by atoms with Crippen LogP contribution in [-0.4, -0.2) is 33.9 Å². The monoisotopic (exact) mass is 350 g/mol. The predicted octanol–water partition coefficient (Wildman–Crippen LogP) is -0.291. The van der Waals surface area contributed by atoms with Gasteiger partial charge in [-0.15, -0.1) is 0 Å². The molecule has 0 radical (unpaired) electrons. The summed E-state index contributed by atoms with van der Waals surface area (Å²) in [5, 5.41) is 0. The summed E-state index contributed by atoms with van der Waals surface area (Å²) >= 11 is 0. The van der Waals surface area contributed by atoms with Gasteiger partial charge in [0.15, 0.2) is 0 Å². The van der Waals surface area contributed by atoms with Crippen LogP contribution in [0.5, 0.6) is 0 Å². The van der Waals surface area contributed by atoms with E-state index in [9.17, 15) is 0 Å². The van der Waals surface area contributed by atoms with E-state index in [0.29, 0.717) is 0 Å². The first-order valence-corrected chi connectivity index (χ1v) is 1.44. The second-order valence-electron chi connectivity index (χ2n) is 0. The molecule has 6 heteroatoms. The van der Waals surface area contributed by atoms with Crippen LogP contribution in [0, 0.1) is 0 Å². The van der Waals surface area contributed by atoms with Gasteiger partial charge in [-0.25, -0.2) is 0 Å². The van der Waals surface area contributed by atoms with Gasteiger partial charge in [0.2, 0.25) is 0 Å².